The molecule has 0 bridgehead atoms. The van der Waals surface area contributed by atoms with Gasteiger partial charge in [-0.1, -0.05) is 12.1 Å². The summed E-state index contributed by atoms with van der Waals surface area (Å²) in [4.78, 5) is 79.2. The minimum Gasteiger partial charge on any atom is -0.508 e. The van der Waals surface area contributed by atoms with Crippen molar-refractivity contribution in [3.05, 3.63) is 117 Å². The van der Waals surface area contributed by atoms with Gasteiger partial charge in [-0.2, -0.15) is 52.7 Å². The standard InChI is InChI=1S/C30H34F6N2O6.C21H30N2O6.C9H6F6O/c1-27(2,3)43-24(39)15-22(37-26(41)44-28(4,5)6)25(40)38-12-11-17-13-20(9-10-23(17)38)42-16-18-7-8-19(29(31,32)33)14-21(18)30(34,35)36;1-20(2,3)28-17(25)12-15(22-19(27)29-21(4,5)6)18(26)23-10-9-13-11-14(24)7-8-16(13)23;10-8(11,12)6-2-1-5(4-16)7(3-6)9(13,14)15/h7-10,13-14,22H,11-12,15-16H2,1-6H3,(H,37,41);7-8,11,15,24H,9-10,12H2,1-6H3,(H,22,27);1-3,16H,4H2/t22-;15-;/m11./s1. The molecule has 0 aliphatic carbocycles. The minimum absolute atomic E-state index is 0.00838. The number of alkyl halides is 12. The van der Waals surface area contributed by atoms with Crippen LogP contribution in [0, 0.1) is 0 Å². The summed E-state index contributed by atoms with van der Waals surface area (Å²) in [6.07, 6.45) is -21.4. The van der Waals surface area contributed by atoms with E-state index in [0.29, 0.717) is 54.5 Å². The predicted octanol–water partition coefficient (Wildman–Crippen LogP) is 12.9. The molecule has 2 aliphatic heterocycles. The van der Waals surface area contributed by atoms with Gasteiger partial charge in [0.05, 0.1) is 41.7 Å². The molecule has 89 heavy (non-hydrogen) atoms. The Bertz CT molecular complexity index is 3130. The van der Waals surface area contributed by atoms with Crippen molar-refractivity contribution >= 4 is 47.3 Å². The molecule has 4 amide bonds. The fourth-order valence-electron chi connectivity index (χ4n) is 8.55. The first kappa shape index (κ1) is 73.5. The van der Waals surface area contributed by atoms with Gasteiger partial charge < -0.3 is 54.3 Å². The van der Waals surface area contributed by atoms with Crippen LogP contribution in [0.2, 0.25) is 0 Å². The lowest BCUT2D eigenvalue weighted by Gasteiger charge is -2.27. The zero-order valence-corrected chi connectivity index (χ0v) is 50.6. The quantitative estimate of drug-likeness (QED) is 0.0590. The minimum atomic E-state index is -5.04. The Balaban J connectivity index is 0.000000320. The third-order valence-electron chi connectivity index (χ3n) is 12.0. The van der Waals surface area contributed by atoms with Crippen molar-refractivity contribution in [1.29, 1.82) is 0 Å². The molecule has 0 spiro atoms. The lowest BCUT2D eigenvalue weighted by molar-refractivity contribution is -0.157. The summed E-state index contributed by atoms with van der Waals surface area (Å²) in [7, 11) is 0. The summed E-state index contributed by atoms with van der Waals surface area (Å²) in [6, 6.07) is 9.10. The van der Waals surface area contributed by atoms with E-state index in [4.69, 9.17) is 28.8 Å². The molecule has 0 unspecified atom stereocenters. The smallest absolute Gasteiger partial charge is 0.416 e. The molecule has 2 heterocycles. The molecule has 0 aromatic heterocycles. The third-order valence-corrected chi connectivity index (χ3v) is 12.0. The van der Waals surface area contributed by atoms with E-state index in [9.17, 15) is 86.6 Å². The van der Waals surface area contributed by atoms with Crippen LogP contribution in [0.4, 0.5) is 73.6 Å². The highest BCUT2D eigenvalue weighted by atomic mass is 19.4. The van der Waals surface area contributed by atoms with Crippen LogP contribution in [0.15, 0.2) is 72.8 Å². The monoisotopic (exact) mass is 1280 g/mol. The Labute approximate surface area is 504 Å². The first-order chi connectivity index (χ1) is 40.4. The van der Waals surface area contributed by atoms with E-state index < -0.39 is 148 Å². The molecule has 6 rings (SSSR count). The summed E-state index contributed by atoms with van der Waals surface area (Å²) in [5.74, 6) is -2.13. The number of aromatic hydroxyl groups is 1. The summed E-state index contributed by atoms with van der Waals surface area (Å²) in [6.45, 7) is 19.1. The first-order valence-electron chi connectivity index (χ1n) is 27.2. The van der Waals surface area contributed by atoms with Crippen molar-refractivity contribution in [3.63, 3.8) is 0 Å². The van der Waals surface area contributed by atoms with Gasteiger partial charge in [0.1, 0.15) is 52.6 Å². The number of carbonyl (C=O) groups excluding carboxylic acids is 6. The Morgan fingerprint density at radius 3 is 1.22 bits per heavy atom. The topological polar surface area (TPSA) is 220 Å². The molecule has 4 aromatic carbocycles. The van der Waals surface area contributed by atoms with Crippen molar-refractivity contribution in [2.45, 2.75) is 181 Å². The Morgan fingerprint density at radius 2 is 0.854 bits per heavy atom. The molecule has 2 atom stereocenters. The van der Waals surface area contributed by atoms with E-state index in [1.807, 2.05) is 0 Å². The summed E-state index contributed by atoms with van der Waals surface area (Å²) in [5.41, 5.74) is -7.50. The van der Waals surface area contributed by atoms with Crippen molar-refractivity contribution in [2.75, 3.05) is 22.9 Å². The maximum Gasteiger partial charge on any atom is 0.416 e. The van der Waals surface area contributed by atoms with Crippen molar-refractivity contribution in [2.24, 2.45) is 0 Å². The van der Waals surface area contributed by atoms with Crippen LogP contribution in [0.1, 0.15) is 140 Å². The largest absolute Gasteiger partial charge is 0.508 e. The zero-order valence-electron chi connectivity index (χ0n) is 50.6. The van der Waals surface area contributed by atoms with Crippen LogP contribution in [-0.4, -0.2) is 93.7 Å². The number of esters is 2. The van der Waals surface area contributed by atoms with Gasteiger partial charge in [-0.3, -0.25) is 19.2 Å². The van der Waals surface area contributed by atoms with E-state index in [2.05, 4.69) is 10.6 Å². The number of fused-ring (bicyclic) bond motifs is 2. The van der Waals surface area contributed by atoms with Crippen LogP contribution in [0.3, 0.4) is 0 Å². The van der Waals surface area contributed by atoms with E-state index >= 15 is 0 Å². The number of hydrogen-bond acceptors (Lipinski definition) is 13. The molecular weight excluding hydrogens is 1210 g/mol. The fraction of sp³-hybridized carbons (Fsp3) is 0.500. The maximum absolute atomic E-state index is 13.6. The van der Waals surface area contributed by atoms with E-state index in [-0.39, 0.29) is 36.6 Å². The number of alkyl carbamates (subject to hydrolysis) is 2. The summed E-state index contributed by atoms with van der Waals surface area (Å²) >= 11 is 0. The van der Waals surface area contributed by atoms with Crippen molar-refractivity contribution in [1.82, 2.24) is 10.6 Å². The number of amides is 4. The Kier molecular flexibility index (Phi) is 23.3. The van der Waals surface area contributed by atoms with Gasteiger partial charge >= 0.3 is 48.8 Å². The number of nitrogens with zero attached hydrogens (tertiary/aromatic N) is 2. The number of carbonyl (C=O) groups is 6. The molecule has 492 valence electrons. The van der Waals surface area contributed by atoms with Gasteiger partial charge in [0.25, 0.3) is 0 Å². The van der Waals surface area contributed by atoms with Gasteiger partial charge in [-0.15, -0.1) is 0 Å². The molecule has 0 saturated heterocycles. The molecule has 17 nitrogen and oxygen atoms in total. The number of hydrogen-bond donors (Lipinski definition) is 4. The number of nitrogens with one attached hydrogen (secondary N) is 2. The highest BCUT2D eigenvalue weighted by molar-refractivity contribution is 6.03. The van der Waals surface area contributed by atoms with Crippen LogP contribution in [-0.2, 0) is 88.9 Å². The number of halogens is 12. The van der Waals surface area contributed by atoms with Crippen molar-refractivity contribution < 1.29 is 115 Å². The van der Waals surface area contributed by atoms with Crippen LogP contribution >= 0.6 is 0 Å². The SMILES string of the molecule is CC(C)(C)OC(=O)C[C@@H](NC(=O)OC(C)(C)C)C(=O)N1CCc2cc(O)ccc21.CC(C)(C)OC(=O)C[C@@H](NC(=O)OC(C)(C)C)C(=O)N1CCc2cc(OCc3ccc(C(F)(F)F)cc3C(F)(F)F)ccc21.OCc1ccc(C(F)(F)F)cc1C(F)(F)F. The van der Waals surface area contributed by atoms with Crippen LogP contribution < -0.4 is 25.2 Å². The number of aliphatic hydroxyl groups is 1. The van der Waals surface area contributed by atoms with Crippen LogP contribution in [0.5, 0.6) is 11.5 Å². The van der Waals surface area contributed by atoms with E-state index in [0.717, 1.165) is 11.6 Å². The maximum atomic E-state index is 13.6. The molecule has 2 aliphatic rings. The zero-order chi connectivity index (χ0) is 67.8. The second kappa shape index (κ2) is 28.2. The van der Waals surface area contributed by atoms with Gasteiger partial charge in [0.2, 0.25) is 11.8 Å². The van der Waals surface area contributed by atoms with Gasteiger partial charge in [-0.25, -0.2) is 9.59 Å². The molecule has 0 radical (unpaired) electrons. The number of phenols is 1. The van der Waals surface area contributed by atoms with Gasteiger partial charge in [0.15, 0.2) is 0 Å². The average molecular weight is 1280 g/mol. The highest BCUT2D eigenvalue weighted by Crippen LogP contribution is 2.40. The number of ether oxygens (including phenoxy) is 5. The number of benzene rings is 4. The third kappa shape index (κ3) is 23.2. The second-order valence-corrected chi connectivity index (χ2v) is 24.2. The first-order valence-corrected chi connectivity index (χ1v) is 27.2. The number of anilines is 2. The van der Waals surface area contributed by atoms with Crippen LogP contribution in [0.25, 0.3) is 0 Å². The lowest BCUT2D eigenvalue weighted by atomic mass is 10.0. The fourth-order valence-corrected chi connectivity index (χ4v) is 8.55. The van der Waals surface area contributed by atoms with Gasteiger partial charge in [0, 0.05) is 30.0 Å². The molecule has 0 saturated carbocycles. The Morgan fingerprint density at radius 1 is 0.483 bits per heavy atom. The van der Waals surface area contributed by atoms with E-state index in [1.165, 1.54) is 34.1 Å². The number of phenolic OH excluding ortho intramolecular Hbond substituents is 1. The molecule has 4 aromatic rings. The lowest BCUT2D eigenvalue weighted by Crippen LogP contribution is -2.50. The Hall–Kier alpha value is -7.98. The van der Waals surface area contributed by atoms with Crippen molar-refractivity contribution in [3.8, 4) is 11.5 Å². The molecule has 0 fully saturated rings. The molecule has 29 heteroatoms. The summed E-state index contributed by atoms with van der Waals surface area (Å²) in [5, 5.41) is 23.2. The second-order valence-electron chi connectivity index (χ2n) is 24.2. The number of rotatable bonds is 12. The normalized spacial score (nSPS) is 14.3. The highest BCUT2D eigenvalue weighted by Gasteiger charge is 2.41. The number of aliphatic hydroxyl groups excluding tert-OH is 1. The molecule has 4 N–H and O–H groups in total. The summed E-state index contributed by atoms with van der Waals surface area (Å²) < 4.78 is 180. The predicted molar refractivity (Wildman–Crippen MR) is 297 cm³/mol. The van der Waals surface area contributed by atoms with Gasteiger partial charge in [-0.05, 0) is 173 Å². The average Bonchev–Trinajstić information content (AvgIpc) is 2.68. The van der Waals surface area contributed by atoms with E-state index in [1.54, 1.807) is 95.2 Å². The molecular formula is C60H70F12N4O13.